The zero-order chi connectivity index (χ0) is 13.5. The van der Waals surface area contributed by atoms with Crippen molar-refractivity contribution < 1.29 is 9.50 Å². The van der Waals surface area contributed by atoms with Crippen LogP contribution in [-0.2, 0) is 0 Å². The normalized spacial score (nSPS) is 14.5. The van der Waals surface area contributed by atoms with Crippen molar-refractivity contribution in [1.82, 2.24) is 0 Å². The number of hydrogen-bond donors (Lipinski definition) is 1. The molecule has 0 bridgehead atoms. The number of halogens is 2. The van der Waals surface area contributed by atoms with Crippen molar-refractivity contribution in [2.75, 3.05) is 0 Å². The minimum Gasteiger partial charge on any atom is -0.388 e. The van der Waals surface area contributed by atoms with Gasteiger partial charge < -0.3 is 5.11 Å². The van der Waals surface area contributed by atoms with Crippen molar-refractivity contribution in [3.63, 3.8) is 0 Å². The van der Waals surface area contributed by atoms with Crippen LogP contribution in [0.2, 0.25) is 0 Å². The third kappa shape index (κ3) is 4.84. The molecule has 0 radical (unpaired) electrons. The first kappa shape index (κ1) is 15.9. The SMILES string of the molecule is CCCCC(CC)CC(O)c1ccc(F)cc1I. The number of benzene rings is 1. The Morgan fingerprint density at radius 3 is 2.61 bits per heavy atom. The largest absolute Gasteiger partial charge is 0.388 e. The van der Waals surface area contributed by atoms with Gasteiger partial charge in [0.2, 0.25) is 0 Å². The molecule has 0 aliphatic heterocycles. The first-order valence-corrected chi connectivity index (χ1v) is 7.79. The summed E-state index contributed by atoms with van der Waals surface area (Å²) in [7, 11) is 0. The molecule has 0 saturated heterocycles. The molecule has 18 heavy (non-hydrogen) atoms. The summed E-state index contributed by atoms with van der Waals surface area (Å²) in [5.74, 6) is 0.314. The monoisotopic (exact) mass is 364 g/mol. The summed E-state index contributed by atoms with van der Waals surface area (Å²) in [6.07, 6.45) is 4.97. The second kappa shape index (κ2) is 8.10. The molecule has 0 spiro atoms. The fraction of sp³-hybridized carbons (Fsp3) is 0.600. The summed E-state index contributed by atoms with van der Waals surface area (Å²) >= 11 is 2.09. The minimum atomic E-state index is -0.473. The average Bonchev–Trinajstić information content (AvgIpc) is 2.34. The Morgan fingerprint density at radius 2 is 2.06 bits per heavy atom. The minimum absolute atomic E-state index is 0.242. The quantitative estimate of drug-likeness (QED) is 0.670. The predicted octanol–water partition coefficient (Wildman–Crippen LogP) is 5.07. The maximum atomic E-state index is 13.0. The van der Waals surface area contributed by atoms with E-state index in [0.29, 0.717) is 5.92 Å². The number of aliphatic hydroxyl groups is 1. The molecule has 1 N–H and O–H groups in total. The van der Waals surface area contributed by atoms with Crippen LogP contribution in [0.4, 0.5) is 4.39 Å². The standard InChI is InChI=1S/C15H22FIO/c1-3-5-6-11(4-2)9-15(18)13-8-7-12(16)10-14(13)17/h7-8,10-11,15,18H,3-6,9H2,1-2H3. The number of unbranched alkanes of at least 4 members (excludes halogenated alkanes) is 1. The van der Waals surface area contributed by atoms with Crippen molar-refractivity contribution >= 4 is 22.6 Å². The van der Waals surface area contributed by atoms with Gasteiger partial charge in [-0.15, -0.1) is 0 Å². The summed E-state index contributed by atoms with van der Waals surface area (Å²) in [5.41, 5.74) is 0.854. The van der Waals surface area contributed by atoms with Crippen molar-refractivity contribution in [1.29, 1.82) is 0 Å². The molecule has 2 atom stereocenters. The molecule has 0 aliphatic rings. The Bertz CT molecular complexity index is 368. The summed E-state index contributed by atoms with van der Waals surface area (Å²) in [5, 5.41) is 10.3. The Morgan fingerprint density at radius 1 is 1.33 bits per heavy atom. The highest BCUT2D eigenvalue weighted by Crippen LogP contribution is 2.29. The van der Waals surface area contributed by atoms with Crippen LogP contribution in [0.15, 0.2) is 18.2 Å². The van der Waals surface area contributed by atoms with E-state index in [0.717, 1.165) is 22.0 Å². The number of rotatable bonds is 7. The van der Waals surface area contributed by atoms with E-state index in [4.69, 9.17) is 0 Å². The molecule has 1 aromatic rings. The van der Waals surface area contributed by atoms with Crippen LogP contribution in [0.1, 0.15) is 57.6 Å². The Kier molecular flexibility index (Phi) is 7.15. The van der Waals surface area contributed by atoms with Gasteiger partial charge in [0, 0.05) is 3.57 Å². The molecule has 0 amide bonds. The van der Waals surface area contributed by atoms with E-state index in [1.807, 2.05) is 0 Å². The predicted molar refractivity (Wildman–Crippen MR) is 82.0 cm³/mol. The van der Waals surface area contributed by atoms with Gasteiger partial charge >= 0.3 is 0 Å². The van der Waals surface area contributed by atoms with Crippen LogP contribution >= 0.6 is 22.6 Å². The molecule has 0 aromatic heterocycles. The van der Waals surface area contributed by atoms with Crippen molar-refractivity contribution in [2.24, 2.45) is 5.92 Å². The lowest BCUT2D eigenvalue weighted by molar-refractivity contribution is 0.138. The number of hydrogen-bond acceptors (Lipinski definition) is 1. The van der Waals surface area contributed by atoms with E-state index in [9.17, 15) is 9.50 Å². The smallest absolute Gasteiger partial charge is 0.124 e. The van der Waals surface area contributed by atoms with Crippen LogP contribution in [0.5, 0.6) is 0 Å². The van der Waals surface area contributed by atoms with Crippen molar-refractivity contribution in [3.8, 4) is 0 Å². The highest BCUT2D eigenvalue weighted by Gasteiger charge is 2.16. The molecular weight excluding hydrogens is 342 g/mol. The molecule has 1 rings (SSSR count). The second-order valence-corrected chi connectivity index (χ2v) is 6.00. The molecule has 102 valence electrons. The van der Waals surface area contributed by atoms with E-state index >= 15 is 0 Å². The van der Waals surface area contributed by atoms with Crippen LogP contribution in [0.3, 0.4) is 0 Å². The lowest BCUT2D eigenvalue weighted by atomic mass is 9.91. The zero-order valence-electron chi connectivity index (χ0n) is 11.1. The molecule has 0 heterocycles. The topological polar surface area (TPSA) is 20.2 Å². The third-order valence-corrected chi connectivity index (χ3v) is 4.36. The fourth-order valence-electron chi connectivity index (χ4n) is 2.20. The maximum absolute atomic E-state index is 13.0. The summed E-state index contributed by atoms with van der Waals surface area (Å²) in [4.78, 5) is 0. The summed E-state index contributed by atoms with van der Waals surface area (Å²) in [6, 6.07) is 4.61. The summed E-state index contributed by atoms with van der Waals surface area (Å²) in [6.45, 7) is 4.36. The van der Waals surface area contributed by atoms with E-state index < -0.39 is 6.10 Å². The zero-order valence-corrected chi connectivity index (χ0v) is 13.3. The van der Waals surface area contributed by atoms with Gasteiger partial charge in [0.25, 0.3) is 0 Å². The molecule has 1 nitrogen and oxygen atoms in total. The van der Waals surface area contributed by atoms with Gasteiger partial charge in [0.05, 0.1) is 6.10 Å². The van der Waals surface area contributed by atoms with E-state index in [-0.39, 0.29) is 5.82 Å². The van der Waals surface area contributed by atoms with Gasteiger partial charge in [0.15, 0.2) is 0 Å². The van der Waals surface area contributed by atoms with E-state index in [2.05, 4.69) is 36.4 Å². The molecule has 0 saturated carbocycles. The van der Waals surface area contributed by atoms with E-state index in [1.54, 1.807) is 6.07 Å². The van der Waals surface area contributed by atoms with Crippen molar-refractivity contribution in [2.45, 2.75) is 52.1 Å². The van der Waals surface area contributed by atoms with Crippen molar-refractivity contribution in [3.05, 3.63) is 33.1 Å². The highest BCUT2D eigenvalue weighted by atomic mass is 127. The first-order chi connectivity index (χ1) is 8.58. The van der Waals surface area contributed by atoms with Gasteiger partial charge in [-0.25, -0.2) is 4.39 Å². The molecule has 3 heteroatoms. The van der Waals surface area contributed by atoms with Crippen LogP contribution < -0.4 is 0 Å². The van der Waals surface area contributed by atoms with Crippen LogP contribution in [0, 0.1) is 15.3 Å². The van der Waals surface area contributed by atoms with Gasteiger partial charge in [0.1, 0.15) is 5.82 Å². The molecule has 1 aromatic carbocycles. The molecular formula is C15H22FIO. The lowest BCUT2D eigenvalue weighted by Crippen LogP contribution is -2.08. The van der Waals surface area contributed by atoms with Gasteiger partial charge in [-0.05, 0) is 52.6 Å². The summed E-state index contributed by atoms with van der Waals surface area (Å²) < 4.78 is 13.8. The first-order valence-electron chi connectivity index (χ1n) is 6.71. The Hall–Kier alpha value is -0.160. The Labute approximate surface area is 123 Å². The van der Waals surface area contributed by atoms with Crippen LogP contribution in [-0.4, -0.2) is 5.11 Å². The molecule has 2 unspecified atom stereocenters. The van der Waals surface area contributed by atoms with Gasteiger partial charge in [-0.1, -0.05) is 45.6 Å². The fourth-order valence-corrected chi connectivity index (χ4v) is 3.03. The molecule has 0 aliphatic carbocycles. The number of aliphatic hydroxyl groups excluding tert-OH is 1. The highest BCUT2D eigenvalue weighted by molar-refractivity contribution is 14.1. The van der Waals surface area contributed by atoms with Gasteiger partial charge in [-0.2, -0.15) is 0 Å². The average molecular weight is 364 g/mol. The van der Waals surface area contributed by atoms with Crippen LogP contribution in [0.25, 0.3) is 0 Å². The third-order valence-electron chi connectivity index (χ3n) is 3.42. The second-order valence-electron chi connectivity index (χ2n) is 4.83. The molecule has 0 fully saturated rings. The lowest BCUT2D eigenvalue weighted by Gasteiger charge is -2.20. The van der Waals surface area contributed by atoms with Gasteiger partial charge in [-0.3, -0.25) is 0 Å². The maximum Gasteiger partial charge on any atom is 0.124 e. The Balaban J connectivity index is 2.65. The van der Waals surface area contributed by atoms with E-state index in [1.165, 1.54) is 31.4 Å².